The van der Waals surface area contributed by atoms with E-state index < -0.39 is 12.2 Å². The van der Waals surface area contributed by atoms with E-state index in [0.29, 0.717) is 11.6 Å². The number of benzene rings is 2. The quantitative estimate of drug-likeness (QED) is 0.625. The Balaban J connectivity index is 1.57. The fourth-order valence-corrected chi connectivity index (χ4v) is 3.62. The van der Waals surface area contributed by atoms with Gasteiger partial charge in [0.25, 0.3) is 0 Å². The number of aliphatic hydroxyl groups excluding tert-OH is 1. The lowest BCUT2D eigenvalue weighted by Crippen LogP contribution is -2.28. The van der Waals surface area contributed by atoms with Gasteiger partial charge < -0.3 is 15.1 Å². The zero-order valence-corrected chi connectivity index (χ0v) is 15.8. The number of hydrogen-bond donors (Lipinski definition) is 3. The Labute approximate surface area is 160 Å². The van der Waals surface area contributed by atoms with Crippen molar-refractivity contribution in [3.63, 3.8) is 0 Å². The number of nitrogens with one attached hydrogen (secondary N) is 1. The lowest BCUT2D eigenvalue weighted by Gasteiger charge is -2.20. The molecule has 0 amide bonds. The summed E-state index contributed by atoms with van der Waals surface area (Å²) in [5.41, 5.74) is 4.20. The molecule has 1 fully saturated rings. The molecular weight excluding hydrogens is 340 g/mol. The minimum Gasteiger partial charge on any atom is -0.480 e. The number of rotatable bonds is 8. The van der Waals surface area contributed by atoms with Gasteiger partial charge >= 0.3 is 5.97 Å². The smallest absolute Gasteiger partial charge is 0.317 e. The average molecular weight is 368 g/mol. The van der Waals surface area contributed by atoms with Crippen molar-refractivity contribution in [1.29, 1.82) is 0 Å². The van der Waals surface area contributed by atoms with Crippen LogP contribution >= 0.6 is 0 Å². The van der Waals surface area contributed by atoms with Gasteiger partial charge in [-0.05, 0) is 55.0 Å². The van der Waals surface area contributed by atoms with Gasteiger partial charge in [0.1, 0.15) is 6.23 Å². The van der Waals surface area contributed by atoms with E-state index >= 15 is 0 Å². The van der Waals surface area contributed by atoms with Crippen LogP contribution < -0.4 is 5.32 Å². The van der Waals surface area contributed by atoms with Crippen LogP contribution in [0.25, 0.3) is 11.1 Å². The van der Waals surface area contributed by atoms with Gasteiger partial charge in [0.2, 0.25) is 0 Å². The van der Waals surface area contributed by atoms with Crippen molar-refractivity contribution in [2.45, 2.75) is 38.5 Å². The molecule has 0 bridgehead atoms. The molecule has 0 aliphatic carbocycles. The summed E-state index contributed by atoms with van der Waals surface area (Å²) in [4.78, 5) is 13.1. The minimum atomic E-state index is -0.995. The molecule has 0 radical (unpaired) electrons. The van der Waals surface area contributed by atoms with Crippen molar-refractivity contribution >= 4 is 5.97 Å². The molecule has 1 saturated heterocycles. The van der Waals surface area contributed by atoms with Crippen molar-refractivity contribution in [1.82, 2.24) is 10.2 Å². The zero-order valence-electron chi connectivity index (χ0n) is 15.8. The van der Waals surface area contributed by atoms with Gasteiger partial charge in [-0.1, -0.05) is 48.5 Å². The van der Waals surface area contributed by atoms with E-state index in [0.717, 1.165) is 24.1 Å². The second-order valence-electron chi connectivity index (χ2n) is 7.27. The van der Waals surface area contributed by atoms with Gasteiger partial charge in [0, 0.05) is 12.6 Å². The highest BCUT2D eigenvalue weighted by atomic mass is 16.4. The first kappa shape index (κ1) is 19.5. The van der Waals surface area contributed by atoms with Crippen molar-refractivity contribution in [2.24, 2.45) is 0 Å². The molecule has 2 atom stereocenters. The van der Waals surface area contributed by atoms with Crippen LogP contribution in [0.5, 0.6) is 0 Å². The number of carboxylic acids is 1. The zero-order chi connectivity index (χ0) is 19.2. The first-order chi connectivity index (χ1) is 13.0. The first-order valence-electron chi connectivity index (χ1n) is 9.59. The van der Waals surface area contributed by atoms with Gasteiger partial charge in [-0.2, -0.15) is 0 Å². The maximum Gasteiger partial charge on any atom is 0.317 e. The van der Waals surface area contributed by atoms with Crippen LogP contribution in [0.15, 0.2) is 48.5 Å². The number of aliphatic hydroxyl groups is 1. The van der Waals surface area contributed by atoms with Crippen LogP contribution in [0, 0.1) is 0 Å². The fraction of sp³-hybridized carbons (Fsp3) is 0.409. The van der Waals surface area contributed by atoms with Crippen LogP contribution in [-0.2, 0) is 11.2 Å². The normalized spacial score (nSPS) is 18.5. The standard InChI is InChI=1S/C22H28N2O3/c1-16-3-2-13-24(16)14-12-17-4-6-18(7-5-17)19-8-10-20(11-9-19)22(27)23-15-21(25)26/h4-11,16,22-23,27H,2-3,12-15H2,1H3,(H,25,26)/t16-,22?/m1/s1. The largest absolute Gasteiger partial charge is 0.480 e. The predicted molar refractivity (Wildman–Crippen MR) is 106 cm³/mol. The average Bonchev–Trinajstić information content (AvgIpc) is 3.10. The number of aliphatic carboxylic acids is 1. The summed E-state index contributed by atoms with van der Waals surface area (Å²) < 4.78 is 0. The van der Waals surface area contributed by atoms with Crippen LogP contribution in [-0.4, -0.2) is 46.8 Å². The molecule has 0 spiro atoms. The van der Waals surface area contributed by atoms with E-state index in [1.54, 1.807) is 0 Å². The molecule has 0 aromatic heterocycles. The molecule has 1 aliphatic rings. The molecule has 1 heterocycles. The molecule has 27 heavy (non-hydrogen) atoms. The summed E-state index contributed by atoms with van der Waals surface area (Å²) in [5, 5.41) is 21.2. The Kier molecular flexibility index (Phi) is 6.61. The van der Waals surface area contributed by atoms with E-state index in [9.17, 15) is 9.90 Å². The maximum atomic E-state index is 10.6. The molecule has 0 saturated carbocycles. The Bertz CT molecular complexity index is 743. The molecular formula is C22H28N2O3. The third-order valence-corrected chi connectivity index (χ3v) is 5.34. The highest BCUT2D eigenvalue weighted by Crippen LogP contribution is 2.23. The summed E-state index contributed by atoms with van der Waals surface area (Å²) in [6, 6.07) is 16.9. The molecule has 3 N–H and O–H groups in total. The van der Waals surface area contributed by atoms with Crippen molar-refractivity contribution < 1.29 is 15.0 Å². The third kappa shape index (κ3) is 5.39. The summed E-state index contributed by atoms with van der Waals surface area (Å²) >= 11 is 0. The number of likely N-dealkylation sites (tertiary alicyclic amines) is 1. The first-order valence-corrected chi connectivity index (χ1v) is 9.59. The molecule has 5 nitrogen and oxygen atoms in total. The van der Waals surface area contributed by atoms with Gasteiger partial charge in [0.15, 0.2) is 0 Å². The van der Waals surface area contributed by atoms with E-state index in [4.69, 9.17) is 5.11 Å². The fourth-order valence-electron chi connectivity index (χ4n) is 3.62. The Morgan fingerprint density at radius 3 is 2.33 bits per heavy atom. The lowest BCUT2D eigenvalue weighted by atomic mass is 10.0. The highest BCUT2D eigenvalue weighted by molar-refractivity contribution is 5.69. The van der Waals surface area contributed by atoms with Crippen LogP contribution in [0.2, 0.25) is 0 Å². The van der Waals surface area contributed by atoms with E-state index in [1.165, 1.54) is 24.9 Å². The second-order valence-corrected chi connectivity index (χ2v) is 7.27. The third-order valence-electron chi connectivity index (χ3n) is 5.34. The molecule has 3 rings (SSSR count). The Hall–Kier alpha value is -2.21. The Morgan fingerprint density at radius 1 is 1.15 bits per heavy atom. The van der Waals surface area contributed by atoms with Crippen LogP contribution in [0.1, 0.15) is 37.1 Å². The Morgan fingerprint density at radius 2 is 1.78 bits per heavy atom. The van der Waals surface area contributed by atoms with Gasteiger partial charge in [0.05, 0.1) is 6.54 Å². The summed E-state index contributed by atoms with van der Waals surface area (Å²) in [7, 11) is 0. The van der Waals surface area contributed by atoms with Gasteiger partial charge in [-0.3, -0.25) is 10.1 Å². The molecule has 1 aliphatic heterocycles. The predicted octanol–water partition coefficient (Wildman–Crippen LogP) is 3.05. The van der Waals surface area contributed by atoms with E-state index in [-0.39, 0.29) is 6.54 Å². The molecule has 5 heteroatoms. The SMILES string of the molecule is C[C@@H]1CCCN1CCc1ccc(-c2ccc(C(O)NCC(=O)O)cc2)cc1. The van der Waals surface area contributed by atoms with Crippen molar-refractivity contribution in [3.05, 3.63) is 59.7 Å². The van der Waals surface area contributed by atoms with E-state index in [1.807, 2.05) is 24.3 Å². The summed E-state index contributed by atoms with van der Waals surface area (Å²) in [6.07, 6.45) is 2.72. The van der Waals surface area contributed by atoms with Gasteiger partial charge in [-0.15, -0.1) is 0 Å². The number of hydrogen-bond acceptors (Lipinski definition) is 4. The molecule has 1 unspecified atom stereocenters. The topological polar surface area (TPSA) is 72.8 Å². The minimum absolute atomic E-state index is 0.277. The van der Waals surface area contributed by atoms with E-state index in [2.05, 4.69) is 41.4 Å². The van der Waals surface area contributed by atoms with Crippen molar-refractivity contribution in [2.75, 3.05) is 19.6 Å². The van der Waals surface area contributed by atoms with Gasteiger partial charge in [-0.25, -0.2) is 0 Å². The van der Waals surface area contributed by atoms with Crippen LogP contribution in [0.4, 0.5) is 0 Å². The second kappa shape index (κ2) is 9.13. The molecule has 2 aromatic carbocycles. The monoisotopic (exact) mass is 368 g/mol. The summed E-state index contributed by atoms with van der Waals surface area (Å²) in [5.74, 6) is -0.995. The number of carbonyl (C=O) groups is 1. The highest BCUT2D eigenvalue weighted by Gasteiger charge is 2.19. The summed E-state index contributed by atoms with van der Waals surface area (Å²) in [6.45, 7) is 4.38. The van der Waals surface area contributed by atoms with Crippen molar-refractivity contribution in [3.8, 4) is 11.1 Å². The van der Waals surface area contributed by atoms with Crippen LogP contribution in [0.3, 0.4) is 0 Å². The number of carboxylic acid groups (broad SMARTS) is 1. The maximum absolute atomic E-state index is 10.6. The number of nitrogens with zero attached hydrogens (tertiary/aromatic N) is 1. The molecule has 144 valence electrons. The lowest BCUT2D eigenvalue weighted by molar-refractivity contribution is -0.136. The molecule has 2 aromatic rings.